The van der Waals surface area contributed by atoms with Crippen molar-refractivity contribution in [2.75, 3.05) is 12.4 Å². The van der Waals surface area contributed by atoms with E-state index in [0.717, 1.165) is 11.1 Å². The van der Waals surface area contributed by atoms with Gasteiger partial charge in [0.2, 0.25) is 5.89 Å². The molecule has 128 valence electrons. The van der Waals surface area contributed by atoms with Crippen molar-refractivity contribution in [2.45, 2.75) is 13.6 Å². The van der Waals surface area contributed by atoms with Crippen LogP contribution in [-0.4, -0.2) is 22.9 Å². The first kappa shape index (κ1) is 16.9. The number of methoxy groups -OCH3 is 1. The lowest BCUT2D eigenvalue weighted by atomic mass is 10.1. The molecular formula is C18H17N3O3S. The number of hydrogen-bond donors (Lipinski definition) is 1. The fraction of sp³-hybridized carbons (Fsp3) is 0.167. The number of benzene rings is 2. The van der Waals surface area contributed by atoms with Crippen LogP contribution in [0, 0.1) is 11.8 Å². The van der Waals surface area contributed by atoms with Crippen molar-refractivity contribution >= 4 is 23.9 Å². The SMILES string of the molecule is COC(=O)c1ccccc1NCn1nc(-c2ccc(C)cc2)oc1=S. The minimum absolute atomic E-state index is 0.249. The summed E-state index contributed by atoms with van der Waals surface area (Å²) >= 11 is 5.22. The molecule has 3 rings (SSSR count). The predicted octanol–water partition coefficient (Wildman–Crippen LogP) is 4.04. The lowest BCUT2D eigenvalue weighted by Gasteiger charge is -2.09. The van der Waals surface area contributed by atoms with E-state index in [0.29, 0.717) is 17.1 Å². The Morgan fingerprint density at radius 1 is 1.24 bits per heavy atom. The molecular weight excluding hydrogens is 338 g/mol. The van der Waals surface area contributed by atoms with Gasteiger partial charge < -0.3 is 14.5 Å². The van der Waals surface area contributed by atoms with Crippen LogP contribution in [0.4, 0.5) is 5.69 Å². The van der Waals surface area contributed by atoms with Crippen molar-refractivity contribution in [3.63, 3.8) is 0 Å². The molecule has 0 spiro atoms. The molecule has 1 N–H and O–H groups in total. The third-order valence-electron chi connectivity index (χ3n) is 3.66. The summed E-state index contributed by atoms with van der Waals surface area (Å²) in [6.45, 7) is 2.28. The fourth-order valence-corrected chi connectivity index (χ4v) is 2.49. The molecule has 1 aromatic heterocycles. The Balaban J connectivity index is 1.80. The van der Waals surface area contributed by atoms with Crippen LogP contribution in [0.1, 0.15) is 15.9 Å². The smallest absolute Gasteiger partial charge is 0.339 e. The normalized spacial score (nSPS) is 10.5. The zero-order valence-electron chi connectivity index (χ0n) is 13.9. The number of esters is 1. The number of rotatable bonds is 5. The van der Waals surface area contributed by atoms with Crippen molar-refractivity contribution in [3.8, 4) is 11.5 Å². The van der Waals surface area contributed by atoms with Gasteiger partial charge in [0.1, 0.15) is 6.67 Å². The van der Waals surface area contributed by atoms with Crippen LogP contribution in [-0.2, 0) is 11.4 Å². The average Bonchev–Trinajstić information content (AvgIpc) is 3.01. The second kappa shape index (κ2) is 7.31. The molecule has 0 aliphatic carbocycles. The number of aromatic nitrogens is 2. The molecule has 0 bridgehead atoms. The number of nitrogens with zero attached hydrogens (tertiary/aromatic N) is 2. The van der Waals surface area contributed by atoms with Crippen molar-refractivity contribution in [1.29, 1.82) is 0 Å². The second-order valence-electron chi connectivity index (χ2n) is 5.41. The quantitative estimate of drug-likeness (QED) is 0.550. The fourth-order valence-electron chi connectivity index (χ4n) is 2.30. The molecule has 0 atom stereocenters. The minimum Gasteiger partial charge on any atom is -0.465 e. The number of anilines is 1. The number of nitrogens with one attached hydrogen (secondary N) is 1. The summed E-state index contributed by atoms with van der Waals surface area (Å²) in [5, 5.41) is 7.52. The van der Waals surface area contributed by atoms with E-state index in [9.17, 15) is 4.79 Å². The lowest BCUT2D eigenvalue weighted by Crippen LogP contribution is -2.13. The van der Waals surface area contributed by atoms with Crippen LogP contribution in [0.25, 0.3) is 11.5 Å². The first-order chi connectivity index (χ1) is 12.1. The van der Waals surface area contributed by atoms with Gasteiger partial charge in [0.25, 0.3) is 4.84 Å². The topological polar surface area (TPSA) is 69.3 Å². The molecule has 6 nitrogen and oxygen atoms in total. The van der Waals surface area contributed by atoms with E-state index in [1.165, 1.54) is 11.8 Å². The van der Waals surface area contributed by atoms with Gasteiger partial charge in [0.05, 0.1) is 18.4 Å². The van der Waals surface area contributed by atoms with Gasteiger partial charge in [-0.2, -0.15) is 0 Å². The molecule has 0 amide bonds. The van der Waals surface area contributed by atoms with Gasteiger partial charge in [-0.15, -0.1) is 5.10 Å². The van der Waals surface area contributed by atoms with E-state index in [2.05, 4.69) is 10.4 Å². The zero-order chi connectivity index (χ0) is 17.8. The van der Waals surface area contributed by atoms with E-state index < -0.39 is 5.97 Å². The monoisotopic (exact) mass is 355 g/mol. The van der Waals surface area contributed by atoms with Crippen LogP contribution in [0.15, 0.2) is 52.9 Å². The Bertz CT molecular complexity index is 945. The van der Waals surface area contributed by atoms with E-state index >= 15 is 0 Å². The first-order valence-electron chi connectivity index (χ1n) is 7.64. The van der Waals surface area contributed by atoms with Crippen molar-refractivity contribution in [2.24, 2.45) is 0 Å². The Hall–Kier alpha value is -2.93. The molecule has 25 heavy (non-hydrogen) atoms. The lowest BCUT2D eigenvalue weighted by molar-refractivity contribution is 0.0602. The van der Waals surface area contributed by atoms with Gasteiger partial charge in [-0.1, -0.05) is 29.8 Å². The summed E-state index contributed by atoms with van der Waals surface area (Å²) in [6.07, 6.45) is 0. The Kier molecular flexibility index (Phi) is 4.95. The summed E-state index contributed by atoms with van der Waals surface area (Å²) in [7, 11) is 1.35. The van der Waals surface area contributed by atoms with E-state index in [1.54, 1.807) is 18.2 Å². The molecule has 7 heteroatoms. The highest BCUT2D eigenvalue weighted by molar-refractivity contribution is 7.71. The van der Waals surface area contributed by atoms with E-state index in [4.69, 9.17) is 21.4 Å². The van der Waals surface area contributed by atoms with Gasteiger partial charge >= 0.3 is 5.97 Å². The number of ether oxygens (including phenoxy) is 1. The maximum Gasteiger partial charge on any atom is 0.339 e. The van der Waals surface area contributed by atoms with Crippen molar-refractivity contribution < 1.29 is 13.9 Å². The standard InChI is InChI=1S/C18H17N3O3S/c1-12-7-9-13(10-8-12)16-20-21(18(25)24-16)11-19-15-6-4-3-5-14(15)17(22)23-2/h3-10,19H,11H2,1-2H3. The minimum atomic E-state index is -0.410. The second-order valence-corrected chi connectivity index (χ2v) is 5.76. The van der Waals surface area contributed by atoms with E-state index in [-0.39, 0.29) is 11.5 Å². The largest absolute Gasteiger partial charge is 0.465 e. The van der Waals surface area contributed by atoms with Gasteiger partial charge in [0, 0.05) is 5.56 Å². The third-order valence-corrected chi connectivity index (χ3v) is 3.95. The van der Waals surface area contributed by atoms with Crippen LogP contribution in [0.3, 0.4) is 0 Å². The van der Waals surface area contributed by atoms with Crippen LogP contribution >= 0.6 is 12.2 Å². The number of carbonyl (C=O) groups excluding carboxylic acids is 1. The number of para-hydroxylation sites is 1. The van der Waals surface area contributed by atoms with Crippen molar-refractivity contribution in [1.82, 2.24) is 9.78 Å². The number of aryl methyl sites for hydroxylation is 1. The molecule has 3 aromatic rings. The Morgan fingerprint density at radius 3 is 2.68 bits per heavy atom. The highest BCUT2D eigenvalue weighted by atomic mass is 32.1. The Labute approximate surface area is 150 Å². The van der Waals surface area contributed by atoms with Gasteiger partial charge in [-0.05, 0) is 43.4 Å². The summed E-state index contributed by atoms with van der Waals surface area (Å²) in [6, 6.07) is 14.9. The summed E-state index contributed by atoms with van der Waals surface area (Å²) < 4.78 is 11.9. The predicted molar refractivity (Wildman–Crippen MR) is 96.9 cm³/mol. The molecule has 2 aromatic carbocycles. The summed E-state index contributed by atoms with van der Waals surface area (Å²) in [5.74, 6) is 0.0419. The molecule has 0 saturated heterocycles. The van der Waals surface area contributed by atoms with E-state index in [1.807, 2.05) is 37.3 Å². The Morgan fingerprint density at radius 2 is 1.96 bits per heavy atom. The highest BCUT2D eigenvalue weighted by Gasteiger charge is 2.12. The van der Waals surface area contributed by atoms with Gasteiger partial charge in [0.15, 0.2) is 0 Å². The number of carbonyl (C=O) groups is 1. The van der Waals surface area contributed by atoms with Crippen LogP contribution in [0.2, 0.25) is 0 Å². The summed E-state index contributed by atoms with van der Waals surface area (Å²) in [5.41, 5.74) is 3.09. The van der Waals surface area contributed by atoms with Crippen LogP contribution in [0.5, 0.6) is 0 Å². The maximum atomic E-state index is 11.8. The van der Waals surface area contributed by atoms with Crippen molar-refractivity contribution in [3.05, 3.63) is 64.5 Å². The third kappa shape index (κ3) is 3.77. The maximum absolute atomic E-state index is 11.8. The molecule has 0 saturated carbocycles. The average molecular weight is 355 g/mol. The van der Waals surface area contributed by atoms with Crippen LogP contribution < -0.4 is 5.32 Å². The van der Waals surface area contributed by atoms with Gasteiger partial charge in [-0.3, -0.25) is 0 Å². The molecule has 0 fully saturated rings. The summed E-state index contributed by atoms with van der Waals surface area (Å²) in [4.78, 5) is 12.1. The molecule has 1 heterocycles. The highest BCUT2D eigenvalue weighted by Crippen LogP contribution is 2.19. The first-order valence-corrected chi connectivity index (χ1v) is 8.05. The molecule has 0 aliphatic heterocycles. The number of hydrogen-bond acceptors (Lipinski definition) is 6. The van der Waals surface area contributed by atoms with Gasteiger partial charge in [-0.25, -0.2) is 9.48 Å². The zero-order valence-corrected chi connectivity index (χ0v) is 14.7. The molecule has 0 radical (unpaired) electrons. The molecule has 0 aliphatic rings. The molecule has 0 unspecified atom stereocenters.